The monoisotopic (exact) mass is 219 g/mol. The number of anilines is 1. The first-order valence-corrected chi connectivity index (χ1v) is 5.68. The second-order valence-electron chi connectivity index (χ2n) is 3.95. The van der Waals surface area contributed by atoms with E-state index in [9.17, 15) is 0 Å². The Hall–Kier alpha value is -1.44. The molecule has 2 heteroatoms. The minimum absolute atomic E-state index is 0.710. The van der Waals surface area contributed by atoms with Crippen LogP contribution in [0.25, 0.3) is 5.76 Å². The van der Waals surface area contributed by atoms with Crippen LogP contribution < -0.4 is 5.32 Å². The lowest BCUT2D eigenvalue weighted by Crippen LogP contribution is -2.00. The highest BCUT2D eigenvalue weighted by Crippen LogP contribution is 2.27. The summed E-state index contributed by atoms with van der Waals surface area (Å²) in [5, 5.41) is 3.18. The zero-order valence-electron chi connectivity index (χ0n) is 10.7. The number of rotatable bonds is 5. The van der Waals surface area contributed by atoms with E-state index in [0.29, 0.717) is 5.76 Å². The number of ether oxygens (including phenoxy) is 1. The molecule has 0 aromatic heterocycles. The number of hydrogen-bond acceptors (Lipinski definition) is 2. The van der Waals surface area contributed by atoms with Gasteiger partial charge in [-0.05, 0) is 36.6 Å². The topological polar surface area (TPSA) is 21.3 Å². The van der Waals surface area contributed by atoms with Crippen molar-refractivity contribution in [1.29, 1.82) is 0 Å². The largest absolute Gasteiger partial charge is 0.497 e. The lowest BCUT2D eigenvalue weighted by Gasteiger charge is -2.15. The SMILES string of the molecule is C=C(OC)c1cc(CCC)c(C)cc1NC. The maximum absolute atomic E-state index is 5.22. The second-order valence-corrected chi connectivity index (χ2v) is 3.95. The molecule has 1 rings (SSSR count). The van der Waals surface area contributed by atoms with E-state index in [1.807, 2.05) is 7.05 Å². The van der Waals surface area contributed by atoms with Gasteiger partial charge >= 0.3 is 0 Å². The van der Waals surface area contributed by atoms with E-state index in [-0.39, 0.29) is 0 Å². The van der Waals surface area contributed by atoms with Crippen molar-refractivity contribution >= 4 is 11.4 Å². The molecule has 0 unspecified atom stereocenters. The van der Waals surface area contributed by atoms with Gasteiger partial charge in [0.15, 0.2) is 0 Å². The Bertz CT molecular complexity index is 383. The van der Waals surface area contributed by atoms with E-state index >= 15 is 0 Å². The normalized spacial score (nSPS) is 10.0. The fourth-order valence-corrected chi connectivity index (χ4v) is 1.84. The molecule has 0 heterocycles. The Kier molecular flexibility index (Phi) is 4.41. The molecule has 1 aromatic rings. The average molecular weight is 219 g/mol. The summed E-state index contributed by atoms with van der Waals surface area (Å²) < 4.78 is 5.22. The summed E-state index contributed by atoms with van der Waals surface area (Å²) in [5.41, 5.74) is 4.82. The Morgan fingerprint density at radius 1 is 1.44 bits per heavy atom. The third-order valence-corrected chi connectivity index (χ3v) is 2.81. The lowest BCUT2D eigenvalue weighted by atomic mass is 9.99. The smallest absolute Gasteiger partial charge is 0.121 e. The highest BCUT2D eigenvalue weighted by molar-refractivity contribution is 5.73. The van der Waals surface area contributed by atoms with Gasteiger partial charge in [-0.15, -0.1) is 0 Å². The van der Waals surface area contributed by atoms with Crippen LogP contribution in [0.15, 0.2) is 18.7 Å². The van der Waals surface area contributed by atoms with Crippen molar-refractivity contribution in [3.63, 3.8) is 0 Å². The van der Waals surface area contributed by atoms with Gasteiger partial charge in [0.2, 0.25) is 0 Å². The van der Waals surface area contributed by atoms with Crippen molar-refractivity contribution in [2.24, 2.45) is 0 Å². The maximum Gasteiger partial charge on any atom is 0.121 e. The van der Waals surface area contributed by atoms with Crippen LogP contribution in [-0.4, -0.2) is 14.2 Å². The molecule has 0 fully saturated rings. The van der Waals surface area contributed by atoms with Gasteiger partial charge in [0.25, 0.3) is 0 Å². The Labute approximate surface area is 98.3 Å². The molecular weight excluding hydrogens is 198 g/mol. The Morgan fingerprint density at radius 3 is 2.62 bits per heavy atom. The summed E-state index contributed by atoms with van der Waals surface area (Å²) in [6.07, 6.45) is 2.25. The van der Waals surface area contributed by atoms with Crippen LogP contribution in [0.3, 0.4) is 0 Å². The van der Waals surface area contributed by atoms with E-state index in [0.717, 1.165) is 24.1 Å². The molecule has 16 heavy (non-hydrogen) atoms. The maximum atomic E-state index is 5.22. The molecule has 0 atom stereocenters. The first kappa shape index (κ1) is 12.6. The Morgan fingerprint density at radius 2 is 2.12 bits per heavy atom. The van der Waals surface area contributed by atoms with Gasteiger partial charge in [-0.3, -0.25) is 0 Å². The highest BCUT2D eigenvalue weighted by atomic mass is 16.5. The van der Waals surface area contributed by atoms with Crippen molar-refractivity contribution in [1.82, 2.24) is 0 Å². The second kappa shape index (κ2) is 5.59. The van der Waals surface area contributed by atoms with Gasteiger partial charge in [0, 0.05) is 18.3 Å². The summed E-state index contributed by atoms with van der Waals surface area (Å²) in [5.74, 6) is 0.710. The quantitative estimate of drug-likeness (QED) is 0.764. The summed E-state index contributed by atoms with van der Waals surface area (Å²) in [7, 11) is 3.57. The van der Waals surface area contributed by atoms with Gasteiger partial charge in [-0.1, -0.05) is 19.9 Å². The van der Waals surface area contributed by atoms with Crippen molar-refractivity contribution in [3.05, 3.63) is 35.4 Å². The van der Waals surface area contributed by atoms with E-state index in [2.05, 4.69) is 37.9 Å². The molecule has 1 N–H and O–H groups in total. The number of benzene rings is 1. The van der Waals surface area contributed by atoms with Gasteiger partial charge < -0.3 is 10.1 Å². The van der Waals surface area contributed by atoms with E-state index in [1.54, 1.807) is 7.11 Å². The van der Waals surface area contributed by atoms with Crippen LogP contribution in [0.4, 0.5) is 5.69 Å². The predicted octanol–water partition coefficient (Wildman–Crippen LogP) is 3.61. The third kappa shape index (κ3) is 2.57. The van der Waals surface area contributed by atoms with Crippen molar-refractivity contribution < 1.29 is 4.74 Å². The van der Waals surface area contributed by atoms with Gasteiger partial charge in [0.05, 0.1) is 7.11 Å². The van der Waals surface area contributed by atoms with Crippen LogP contribution in [-0.2, 0) is 11.2 Å². The molecule has 2 nitrogen and oxygen atoms in total. The summed E-state index contributed by atoms with van der Waals surface area (Å²) in [4.78, 5) is 0. The number of methoxy groups -OCH3 is 1. The molecule has 0 radical (unpaired) electrons. The predicted molar refractivity (Wildman–Crippen MR) is 70.8 cm³/mol. The minimum atomic E-state index is 0.710. The number of nitrogens with one attached hydrogen (secondary N) is 1. The van der Waals surface area contributed by atoms with Gasteiger partial charge in [0.1, 0.15) is 5.76 Å². The number of hydrogen-bond donors (Lipinski definition) is 1. The van der Waals surface area contributed by atoms with Crippen molar-refractivity contribution in [2.75, 3.05) is 19.5 Å². The van der Waals surface area contributed by atoms with Crippen molar-refractivity contribution in [2.45, 2.75) is 26.7 Å². The Balaban J connectivity index is 3.22. The molecule has 1 aromatic carbocycles. The highest BCUT2D eigenvalue weighted by Gasteiger charge is 2.09. The molecule has 88 valence electrons. The molecule has 0 aliphatic heterocycles. The molecule has 0 aliphatic carbocycles. The fourth-order valence-electron chi connectivity index (χ4n) is 1.84. The van der Waals surface area contributed by atoms with Crippen LogP contribution in [0.2, 0.25) is 0 Å². The van der Waals surface area contributed by atoms with E-state index in [1.165, 1.54) is 11.1 Å². The van der Waals surface area contributed by atoms with Crippen LogP contribution in [0.5, 0.6) is 0 Å². The van der Waals surface area contributed by atoms with Gasteiger partial charge in [-0.25, -0.2) is 0 Å². The van der Waals surface area contributed by atoms with Gasteiger partial charge in [-0.2, -0.15) is 0 Å². The summed E-state index contributed by atoms with van der Waals surface area (Å²) >= 11 is 0. The van der Waals surface area contributed by atoms with Crippen LogP contribution in [0, 0.1) is 6.92 Å². The number of aryl methyl sites for hydroxylation is 2. The molecule has 0 bridgehead atoms. The average Bonchev–Trinajstić information content (AvgIpc) is 2.30. The minimum Gasteiger partial charge on any atom is -0.497 e. The molecule has 0 amide bonds. The van der Waals surface area contributed by atoms with Crippen molar-refractivity contribution in [3.8, 4) is 0 Å². The van der Waals surface area contributed by atoms with Crippen LogP contribution >= 0.6 is 0 Å². The molecule has 0 aliphatic rings. The molecule has 0 saturated heterocycles. The zero-order valence-corrected chi connectivity index (χ0v) is 10.7. The molecule has 0 saturated carbocycles. The fraction of sp³-hybridized carbons (Fsp3) is 0.429. The molecular formula is C14H21NO. The summed E-state index contributed by atoms with van der Waals surface area (Å²) in [6.45, 7) is 8.26. The standard InChI is InChI=1S/C14H21NO/c1-6-7-12-9-13(11(3)16-5)14(15-4)8-10(12)2/h8-9,15H,3,6-7H2,1-2,4-5H3. The molecule has 0 spiro atoms. The third-order valence-electron chi connectivity index (χ3n) is 2.81. The van der Waals surface area contributed by atoms with E-state index < -0.39 is 0 Å². The summed E-state index contributed by atoms with van der Waals surface area (Å²) in [6, 6.07) is 4.33. The first-order chi connectivity index (χ1) is 7.63. The lowest BCUT2D eigenvalue weighted by molar-refractivity contribution is 0.371. The first-order valence-electron chi connectivity index (χ1n) is 5.68. The van der Waals surface area contributed by atoms with E-state index in [4.69, 9.17) is 4.74 Å². The zero-order chi connectivity index (χ0) is 12.1. The van der Waals surface area contributed by atoms with Crippen LogP contribution in [0.1, 0.15) is 30.0 Å².